The largest absolute Gasteiger partial charge is 0.497 e. The third kappa shape index (κ3) is 2.73. The van der Waals surface area contributed by atoms with Crippen molar-refractivity contribution >= 4 is 11.5 Å². The number of ether oxygens (including phenoxy) is 2. The maximum absolute atomic E-state index is 6.32. The van der Waals surface area contributed by atoms with Crippen LogP contribution in [0.1, 0.15) is 11.3 Å². The molecule has 0 aliphatic heterocycles. The van der Waals surface area contributed by atoms with Crippen molar-refractivity contribution in [3.63, 3.8) is 0 Å². The molecule has 3 aromatic rings. The van der Waals surface area contributed by atoms with Crippen molar-refractivity contribution in [1.29, 1.82) is 0 Å². The van der Waals surface area contributed by atoms with Crippen LogP contribution in [-0.2, 0) is 0 Å². The molecule has 2 aromatic heterocycles. The lowest BCUT2D eigenvalue weighted by molar-refractivity contribution is 0.395. The molecular formula is C18H21N5O2. The standard InChI is InChI=1S/C18H21N5O2/c1-10-5-6-21-9-13(10)18-22-11(2)17(20)23(18)14-7-12(24-3)8-15(25-4)16(14)19/h5-9H,19-20H2,1-4H3. The van der Waals surface area contributed by atoms with Gasteiger partial charge in [-0.25, -0.2) is 4.98 Å². The topological polar surface area (TPSA) is 101 Å². The van der Waals surface area contributed by atoms with Gasteiger partial charge in [-0.1, -0.05) is 0 Å². The van der Waals surface area contributed by atoms with E-state index in [4.69, 9.17) is 20.9 Å². The fourth-order valence-corrected chi connectivity index (χ4v) is 2.72. The van der Waals surface area contributed by atoms with Crippen molar-refractivity contribution in [2.75, 3.05) is 25.7 Å². The van der Waals surface area contributed by atoms with E-state index in [9.17, 15) is 0 Å². The lowest BCUT2D eigenvalue weighted by Gasteiger charge is -2.17. The smallest absolute Gasteiger partial charge is 0.148 e. The molecule has 0 saturated heterocycles. The van der Waals surface area contributed by atoms with E-state index in [2.05, 4.69) is 9.97 Å². The Hall–Kier alpha value is -3.22. The highest BCUT2D eigenvalue weighted by atomic mass is 16.5. The molecule has 0 aliphatic rings. The fraction of sp³-hybridized carbons (Fsp3) is 0.222. The van der Waals surface area contributed by atoms with Gasteiger partial charge in [-0.2, -0.15) is 0 Å². The second-order valence-electron chi connectivity index (χ2n) is 5.69. The van der Waals surface area contributed by atoms with Gasteiger partial charge in [0.25, 0.3) is 0 Å². The molecule has 0 amide bonds. The minimum Gasteiger partial charge on any atom is -0.497 e. The number of rotatable bonds is 4. The Morgan fingerprint density at radius 3 is 2.48 bits per heavy atom. The third-order valence-electron chi connectivity index (χ3n) is 4.17. The lowest BCUT2D eigenvalue weighted by Crippen LogP contribution is -2.08. The van der Waals surface area contributed by atoms with Crippen LogP contribution in [0, 0.1) is 13.8 Å². The first kappa shape index (κ1) is 16.6. The van der Waals surface area contributed by atoms with Crippen LogP contribution < -0.4 is 20.9 Å². The number of pyridine rings is 1. The number of methoxy groups -OCH3 is 2. The summed E-state index contributed by atoms with van der Waals surface area (Å²) in [6.45, 7) is 3.85. The molecule has 0 saturated carbocycles. The van der Waals surface area contributed by atoms with Gasteiger partial charge in [0.2, 0.25) is 0 Å². The number of aromatic nitrogens is 3. The van der Waals surface area contributed by atoms with Gasteiger partial charge in [-0.15, -0.1) is 0 Å². The summed E-state index contributed by atoms with van der Waals surface area (Å²) < 4.78 is 12.5. The highest BCUT2D eigenvalue weighted by molar-refractivity contribution is 5.75. The van der Waals surface area contributed by atoms with Gasteiger partial charge in [0, 0.05) is 30.1 Å². The maximum Gasteiger partial charge on any atom is 0.148 e. The molecule has 3 rings (SSSR count). The molecule has 25 heavy (non-hydrogen) atoms. The molecule has 4 N–H and O–H groups in total. The van der Waals surface area contributed by atoms with E-state index in [0.29, 0.717) is 40.2 Å². The zero-order valence-corrected chi connectivity index (χ0v) is 14.7. The van der Waals surface area contributed by atoms with Crippen molar-refractivity contribution in [3.05, 3.63) is 41.9 Å². The Morgan fingerprint density at radius 1 is 1.08 bits per heavy atom. The van der Waals surface area contributed by atoms with E-state index in [1.165, 1.54) is 0 Å². The number of hydrogen-bond donors (Lipinski definition) is 2. The molecule has 7 heteroatoms. The summed E-state index contributed by atoms with van der Waals surface area (Å²) in [7, 11) is 3.15. The molecule has 0 spiro atoms. The SMILES string of the molecule is COc1cc(OC)c(N)c(-n2c(-c3cnccc3C)nc(C)c2N)c1. The number of benzene rings is 1. The predicted molar refractivity (Wildman–Crippen MR) is 98.2 cm³/mol. The number of nitrogens with two attached hydrogens (primary N) is 2. The van der Waals surface area contributed by atoms with Crippen molar-refractivity contribution in [2.45, 2.75) is 13.8 Å². The average Bonchev–Trinajstić information content (AvgIpc) is 2.90. The van der Waals surface area contributed by atoms with Crippen LogP contribution in [0.5, 0.6) is 11.5 Å². The third-order valence-corrected chi connectivity index (χ3v) is 4.17. The van der Waals surface area contributed by atoms with Gasteiger partial charge >= 0.3 is 0 Å². The number of anilines is 2. The van der Waals surface area contributed by atoms with Crippen molar-refractivity contribution < 1.29 is 9.47 Å². The molecule has 0 radical (unpaired) electrons. The van der Waals surface area contributed by atoms with Gasteiger partial charge in [0.1, 0.15) is 23.1 Å². The van der Waals surface area contributed by atoms with Crippen molar-refractivity contribution in [1.82, 2.24) is 14.5 Å². The second-order valence-corrected chi connectivity index (χ2v) is 5.69. The molecule has 7 nitrogen and oxygen atoms in total. The number of nitrogen functional groups attached to an aromatic ring is 2. The second kappa shape index (κ2) is 6.35. The molecule has 0 atom stereocenters. The van der Waals surface area contributed by atoms with Gasteiger partial charge in [0.05, 0.1) is 31.3 Å². The zero-order chi connectivity index (χ0) is 18.1. The molecule has 130 valence electrons. The van der Waals surface area contributed by atoms with E-state index in [0.717, 1.165) is 11.1 Å². The molecular weight excluding hydrogens is 318 g/mol. The monoisotopic (exact) mass is 339 g/mol. The zero-order valence-electron chi connectivity index (χ0n) is 14.7. The van der Waals surface area contributed by atoms with Gasteiger partial charge < -0.3 is 20.9 Å². The number of nitrogens with zero attached hydrogens (tertiary/aromatic N) is 3. The normalized spacial score (nSPS) is 10.7. The molecule has 1 aromatic carbocycles. The van der Waals surface area contributed by atoms with E-state index >= 15 is 0 Å². The van der Waals surface area contributed by atoms with Crippen LogP contribution in [0.4, 0.5) is 11.5 Å². The maximum atomic E-state index is 6.32. The molecule has 2 heterocycles. The molecule has 0 unspecified atom stereocenters. The number of hydrogen-bond acceptors (Lipinski definition) is 6. The van der Waals surface area contributed by atoms with Crippen LogP contribution in [0.2, 0.25) is 0 Å². The predicted octanol–water partition coefficient (Wildman–Crippen LogP) is 2.73. The molecule has 0 aliphatic carbocycles. The summed E-state index contributed by atoms with van der Waals surface area (Å²) in [6.07, 6.45) is 3.51. The Bertz CT molecular complexity index is 933. The van der Waals surface area contributed by atoms with Crippen molar-refractivity contribution in [2.24, 2.45) is 0 Å². The van der Waals surface area contributed by atoms with E-state index in [1.54, 1.807) is 37.2 Å². The number of aryl methyl sites for hydroxylation is 2. The molecule has 0 fully saturated rings. The highest BCUT2D eigenvalue weighted by Crippen LogP contribution is 2.38. The molecule has 0 bridgehead atoms. The Morgan fingerprint density at radius 2 is 1.84 bits per heavy atom. The summed E-state index contributed by atoms with van der Waals surface area (Å²) in [5.74, 6) is 2.29. The van der Waals surface area contributed by atoms with Crippen molar-refractivity contribution in [3.8, 4) is 28.6 Å². The Kier molecular flexibility index (Phi) is 4.22. The van der Waals surface area contributed by atoms with Gasteiger partial charge in [-0.3, -0.25) is 9.55 Å². The summed E-state index contributed by atoms with van der Waals surface area (Å²) in [4.78, 5) is 8.84. The average molecular weight is 339 g/mol. The summed E-state index contributed by atoms with van der Waals surface area (Å²) in [6, 6.07) is 5.47. The minimum atomic E-state index is 0.454. The Labute approximate surface area is 146 Å². The summed E-state index contributed by atoms with van der Waals surface area (Å²) in [5, 5.41) is 0. The summed E-state index contributed by atoms with van der Waals surface area (Å²) >= 11 is 0. The van der Waals surface area contributed by atoms with Crippen LogP contribution in [0.25, 0.3) is 17.1 Å². The first-order valence-electron chi connectivity index (χ1n) is 7.75. The Balaban J connectivity index is 2.34. The van der Waals surface area contributed by atoms with E-state index < -0.39 is 0 Å². The quantitative estimate of drug-likeness (QED) is 0.709. The summed E-state index contributed by atoms with van der Waals surface area (Å²) in [5.41, 5.74) is 16.4. The highest BCUT2D eigenvalue weighted by Gasteiger charge is 2.21. The fourth-order valence-electron chi connectivity index (χ4n) is 2.72. The first-order valence-corrected chi connectivity index (χ1v) is 7.75. The number of imidazole rings is 1. The van der Waals surface area contributed by atoms with Crippen LogP contribution >= 0.6 is 0 Å². The van der Waals surface area contributed by atoms with E-state index in [-0.39, 0.29) is 0 Å². The van der Waals surface area contributed by atoms with Gasteiger partial charge in [-0.05, 0) is 25.5 Å². The van der Waals surface area contributed by atoms with Crippen LogP contribution in [0.15, 0.2) is 30.6 Å². The van der Waals surface area contributed by atoms with Crippen LogP contribution in [-0.4, -0.2) is 28.8 Å². The minimum absolute atomic E-state index is 0.454. The van der Waals surface area contributed by atoms with E-state index in [1.807, 2.05) is 26.0 Å². The lowest BCUT2D eigenvalue weighted by atomic mass is 10.1. The van der Waals surface area contributed by atoms with Gasteiger partial charge in [0.15, 0.2) is 0 Å². The van der Waals surface area contributed by atoms with Crippen LogP contribution in [0.3, 0.4) is 0 Å². The first-order chi connectivity index (χ1) is 12.0.